The van der Waals surface area contributed by atoms with E-state index in [1.165, 1.54) is 0 Å². The SMILES string of the molecule is C=C(Br)c1ccc(Oc2ccc(C(=C)Br)cc2)cc1. The minimum Gasteiger partial charge on any atom is -0.457 e. The Balaban J connectivity index is 2.12. The van der Waals surface area contributed by atoms with Gasteiger partial charge in [0.25, 0.3) is 0 Å². The van der Waals surface area contributed by atoms with Gasteiger partial charge in [0, 0.05) is 8.96 Å². The van der Waals surface area contributed by atoms with Crippen molar-refractivity contribution in [3.8, 4) is 11.5 Å². The smallest absolute Gasteiger partial charge is 0.127 e. The van der Waals surface area contributed by atoms with E-state index >= 15 is 0 Å². The van der Waals surface area contributed by atoms with Gasteiger partial charge in [0.05, 0.1) is 0 Å². The Hall–Kier alpha value is -1.32. The van der Waals surface area contributed by atoms with Crippen LogP contribution in [0.2, 0.25) is 0 Å². The Bertz CT molecular complexity index is 542. The molecule has 2 aromatic rings. The Morgan fingerprint density at radius 1 is 0.684 bits per heavy atom. The van der Waals surface area contributed by atoms with Gasteiger partial charge in [-0.2, -0.15) is 0 Å². The quantitative estimate of drug-likeness (QED) is 0.613. The average Bonchev–Trinajstić information content (AvgIpc) is 2.40. The molecule has 0 bridgehead atoms. The molecule has 3 heteroatoms. The lowest BCUT2D eigenvalue weighted by molar-refractivity contribution is 0.482. The third-order valence-corrected chi connectivity index (χ3v) is 3.49. The van der Waals surface area contributed by atoms with Crippen molar-refractivity contribution in [1.29, 1.82) is 0 Å². The highest BCUT2D eigenvalue weighted by atomic mass is 79.9. The van der Waals surface area contributed by atoms with Gasteiger partial charge >= 0.3 is 0 Å². The Labute approximate surface area is 129 Å². The average molecular weight is 380 g/mol. The second-order valence-electron chi connectivity index (χ2n) is 3.96. The zero-order valence-electron chi connectivity index (χ0n) is 10.2. The molecule has 0 atom stereocenters. The zero-order valence-corrected chi connectivity index (χ0v) is 13.4. The van der Waals surface area contributed by atoms with Crippen LogP contribution >= 0.6 is 31.9 Å². The van der Waals surface area contributed by atoms with Crippen molar-refractivity contribution in [1.82, 2.24) is 0 Å². The predicted molar refractivity (Wildman–Crippen MR) is 88.9 cm³/mol. The molecule has 0 unspecified atom stereocenters. The minimum absolute atomic E-state index is 0.794. The molecule has 0 radical (unpaired) electrons. The fraction of sp³-hybridized carbons (Fsp3) is 0. The lowest BCUT2D eigenvalue weighted by Gasteiger charge is -2.07. The van der Waals surface area contributed by atoms with Gasteiger partial charge in [-0.15, -0.1) is 0 Å². The monoisotopic (exact) mass is 378 g/mol. The molecule has 19 heavy (non-hydrogen) atoms. The van der Waals surface area contributed by atoms with Crippen molar-refractivity contribution in [2.75, 3.05) is 0 Å². The molecule has 2 rings (SSSR count). The van der Waals surface area contributed by atoms with E-state index in [-0.39, 0.29) is 0 Å². The highest BCUT2D eigenvalue weighted by molar-refractivity contribution is 9.15. The van der Waals surface area contributed by atoms with Crippen molar-refractivity contribution in [3.63, 3.8) is 0 Å². The molecule has 0 N–H and O–H groups in total. The summed E-state index contributed by atoms with van der Waals surface area (Å²) in [7, 11) is 0. The number of ether oxygens (including phenoxy) is 1. The van der Waals surface area contributed by atoms with Crippen LogP contribution in [0.3, 0.4) is 0 Å². The first-order chi connectivity index (χ1) is 9.06. The van der Waals surface area contributed by atoms with E-state index in [0.717, 1.165) is 31.6 Å². The summed E-state index contributed by atoms with van der Waals surface area (Å²) in [4.78, 5) is 0. The molecule has 0 aliphatic rings. The standard InChI is InChI=1S/C16H12Br2O/c1-11(17)13-3-7-15(8-4-13)19-16-9-5-14(6-10-16)12(2)18/h3-10H,1-2H2. The highest BCUT2D eigenvalue weighted by Gasteiger charge is 2.00. The fourth-order valence-corrected chi connectivity index (χ4v) is 2.07. The van der Waals surface area contributed by atoms with E-state index in [2.05, 4.69) is 45.0 Å². The van der Waals surface area contributed by atoms with Crippen molar-refractivity contribution in [2.45, 2.75) is 0 Å². The summed E-state index contributed by atoms with van der Waals surface area (Å²) in [6.07, 6.45) is 0. The summed E-state index contributed by atoms with van der Waals surface area (Å²) < 4.78 is 7.48. The van der Waals surface area contributed by atoms with Gasteiger partial charge in [0.1, 0.15) is 11.5 Å². The Kier molecular flexibility index (Phi) is 4.61. The van der Waals surface area contributed by atoms with Gasteiger partial charge < -0.3 is 4.74 Å². The molecule has 0 saturated heterocycles. The summed E-state index contributed by atoms with van der Waals surface area (Å²) in [5.41, 5.74) is 2.08. The third-order valence-electron chi connectivity index (χ3n) is 2.57. The van der Waals surface area contributed by atoms with E-state index in [1.807, 2.05) is 48.5 Å². The Morgan fingerprint density at radius 3 is 1.26 bits per heavy atom. The minimum atomic E-state index is 0.794. The van der Waals surface area contributed by atoms with Gasteiger partial charge in [-0.1, -0.05) is 69.3 Å². The molecule has 0 saturated carbocycles. The molecule has 0 heterocycles. The molecule has 0 aliphatic carbocycles. The number of halogens is 2. The topological polar surface area (TPSA) is 9.23 Å². The Morgan fingerprint density at radius 2 is 1.00 bits per heavy atom. The van der Waals surface area contributed by atoms with E-state index in [1.54, 1.807) is 0 Å². The lowest BCUT2D eigenvalue weighted by atomic mass is 10.2. The van der Waals surface area contributed by atoms with Gasteiger partial charge in [0.2, 0.25) is 0 Å². The van der Waals surface area contributed by atoms with Crippen LogP contribution in [0.1, 0.15) is 11.1 Å². The van der Waals surface area contributed by atoms with Gasteiger partial charge in [-0.3, -0.25) is 0 Å². The maximum Gasteiger partial charge on any atom is 0.127 e. The van der Waals surface area contributed by atoms with Crippen LogP contribution in [0.4, 0.5) is 0 Å². The number of benzene rings is 2. The fourth-order valence-electron chi connectivity index (χ4n) is 1.54. The summed E-state index contributed by atoms with van der Waals surface area (Å²) in [5.74, 6) is 1.59. The van der Waals surface area contributed by atoms with Crippen molar-refractivity contribution in [2.24, 2.45) is 0 Å². The molecule has 0 spiro atoms. The van der Waals surface area contributed by atoms with Crippen LogP contribution in [-0.2, 0) is 0 Å². The number of hydrogen-bond acceptors (Lipinski definition) is 1. The van der Waals surface area contributed by atoms with Gasteiger partial charge in [0.15, 0.2) is 0 Å². The lowest BCUT2D eigenvalue weighted by Crippen LogP contribution is -1.85. The van der Waals surface area contributed by atoms with E-state index in [9.17, 15) is 0 Å². The van der Waals surface area contributed by atoms with Crippen LogP contribution < -0.4 is 4.74 Å². The maximum absolute atomic E-state index is 5.76. The second kappa shape index (κ2) is 6.22. The maximum atomic E-state index is 5.76. The molecule has 96 valence electrons. The molecule has 0 fully saturated rings. The van der Waals surface area contributed by atoms with E-state index in [0.29, 0.717) is 0 Å². The van der Waals surface area contributed by atoms with Crippen LogP contribution in [0.15, 0.2) is 61.7 Å². The van der Waals surface area contributed by atoms with Crippen molar-refractivity contribution >= 4 is 40.8 Å². The normalized spacial score (nSPS) is 10.0. The molecular weight excluding hydrogens is 368 g/mol. The van der Waals surface area contributed by atoms with Crippen LogP contribution in [0.25, 0.3) is 8.96 Å². The van der Waals surface area contributed by atoms with E-state index in [4.69, 9.17) is 4.74 Å². The first-order valence-electron chi connectivity index (χ1n) is 5.64. The molecule has 0 amide bonds. The summed E-state index contributed by atoms with van der Waals surface area (Å²) in [6, 6.07) is 15.5. The summed E-state index contributed by atoms with van der Waals surface area (Å²) in [5, 5.41) is 0. The largest absolute Gasteiger partial charge is 0.457 e. The molecule has 0 aromatic heterocycles. The zero-order chi connectivity index (χ0) is 13.8. The second-order valence-corrected chi connectivity index (χ2v) is 5.88. The first kappa shape index (κ1) is 14.1. The van der Waals surface area contributed by atoms with Crippen LogP contribution in [-0.4, -0.2) is 0 Å². The predicted octanol–water partition coefficient (Wildman–Crippen LogP) is 6.21. The van der Waals surface area contributed by atoms with Gasteiger partial charge in [-0.25, -0.2) is 0 Å². The van der Waals surface area contributed by atoms with Crippen molar-refractivity contribution in [3.05, 3.63) is 72.8 Å². The highest BCUT2D eigenvalue weighted by Crippen LogP contribution is 2.27. The molecule has 2 aromatic carbocycles. The van der Waals surface area contributed by atoms with Crippen LogP contribution in [0.5, 0.6) is 11.5 Å². The van der Waals surface area contributed by atoms with Crippen molar-refractivity contribution < 1.29 is 4.74 Å². The molecule has 1 nitrogen and oxygen atoms in total. The molecular formula is C16H12Br2O. The van der Waals surface area contributed by atoms with Crippen LogP contribution in [0, 0.1) is 0 Å². The van der Waals surface area contributed by atoms with Gasteiger partial charge in [-0.05, 0) is 35.4 Å². The number of hydrogen-bond donors (Lipinski definition) is 0. The van der Waals surface area contributed by atoms with E-state index < -0.39 is 0 Å². The number of rotatable bonds is 4. The molecule has 0 aliphatic heterocycles. The third kappa shape index (κ3) is 3.82. The first-order valence-corrected chi connectivity index (χ1v) is 7.22. The summed E-state index contributed by atoms with van der Waals surface area (Å²) in [6.45, 7) is 7.66. The summed E-state index contributed by atoms with van der Waals surface area (Å²) >= 11 is 6.69.